The van der Waals surface area contributed by atoms with Crippen LogP contribution in [0.1, 0.15) is 17.0 Å². The Morgan fingerprint density at radius 1 is 1.25 bits per heavy atom. The monoisotopic (exact) mass is 314 g/mol. The van der Waals surface area contributed by atoms with Crippen molar-refractivity contribution in [3.8, 4) is 0 Å². The third-order valence-electron chi connectivity index (χ3n) is 2.83. The molecule has 0 fully saturated rings. The summed E-state index contributed by atoms with van der Waals surface area (Å²) in [4.78, 5) is 0.0855. The fourth-order valence-corrected chi connectivity index (χ4v) is 3.52. The van der Waals surface area contributed by atoms with Gasteiger partial charge in [0.05, 0.1) is 0 Å². The molecule has 0 aliphatic heterocycles. The summed E-state index contributed by atoms with van der Waals surface area (Å²) in [6.07, 6.45) is 0.748. The van der Waals surface area contributed by atoms with Crippen molar-refractivity contribution in [2.45, 2.75) is 25.2 Å². The Hall–Kier alpha value is -1.53. The highest BCUT2D eigenvalue weighted by atomic mass is 35.5. The predicted octanol–water partition coefficient (Wildman–Crippen LogP) is 2.87. The van der Waals surface area contributed by atoms with Crippen molar-refractivity contribution < 1.29 is 12.9 Å². The van der Waals surface area contributed by atoms with E-state index >= 15 is 0 Å². The van der Waals surface area contributed by atoms with Crippen molar-refractivity contribution in [1.82, 2.24) is 5.16 Å². The van der Waals surface area contributed by atoms with E-state index in [2.05, 4.69) is 9.88 Å². The van der Waals surface area contributed by atoms with Crippen LogP contribution in [0.15, 0.2) is 33.7 Å². The number of anilines is 1. The lowest BCUT2D eigenvalue weighted by molar-refractivity contribution is 0.390. The van der Waals surface area contributed by atoms with Gasteiger partial charge in [0.1, 0.15) is 5.69 Å². The first kappa shape index (κ1) is 14.9. The molecular formula is C13H15ClN2O3S. The SMILES string of the molecule is Cc1noc(C)c1S(=O)(=O)Nc1ccc(CCCl)cc1. The van der Waals surface area contributed by atoms with Crippen molar-refractivity contribution in [3.05, 3.63) is 41.3 Å². The summed E-state index contributed by atoms with van der Waals surface area (Å²) in [5.74, 6) is 0.804. The van der Waals surface area contributed by atoms with Crippen LogP contribution in [0, 0.1) is 13.8 Å². The largest absolute Gasteiger partial charge is 0.360 e. The van der Waals surface area contributed by atoms with Crippen LogP contribution in [0.25, 0.3) is 0 Å². The summed E-state index contributed by atoms with van der Waals surface area (Å²) in [5, 5.41) is 3.65. The summed E-state index contributed by atoms with van der Waals surface area (Å²) in [7, 11) is -3.69. The number of hydrogen-bond donors (Lipinski definition) is 1. The van der Waals surface area contributed by atoms with E-state index in [1.807, 2.05) is 12.1 Å². The number of halogens is 1. The number of nitrogens with zero attached hydrogens (tertiary/aromatic N) is 1. The maximum atomic E-state index is 12.3. The molecule has 0 aliphatic rings. The number of benzene rings is 1. The molecule has 0 unspecified atom stereocenters. The molecule has 1 aromatic heterocycles. The lowest BCUT2D eigenvalue weighted by atomic mass is 10.2. The third-order valence-corrected chi connectivity index (χ3v) is 4.64. The smallest absolute Gasteiger partial charge is 0.267 e. The van der Waals surface area contributed by atoms with Gasteiger partial charge in [-0.05, 0) is 38.0 Å². The lowest BCUT2D eigenvalue weighted by Crippen LogP contribution is -2.14. The average Bonchev–Trinajstić information content (AvgIpc) is 2.72. The minimum atomic E-state index is -3.69. The van der Waals surface area contributed by atoms with Gasteiger partial charge in [0, 0.05) is 11.6 Å². The highest BCUT2D eigenvalue weighted by Crippen LogP contribution is 2.22. The highest BCUT2D eigenvalue weighted by Gasteiger charge is 2.24. The molecule has 1 N–H and O–H groups in total. The Labute approximate surface area is 123 Å². The molecule has 7 heteroatoms. The number of sulfonamides is 1. The molecular weight excluding hydrogens is 300 g/mol. The second kappa shape index (κ2) is 5.85. The zero-order chi connectivity index (χ0) is 14.8. The van der Waals surface area contributed by atoms with E-state index in [4.69, 9.17) is 16.1 Å². The van der Waals surface area contributed by atoms with Crippen LogP contribution in [-0.4, -0.2) is 19.5 Å². The number of nitrogens with one attached hydrogen (secondary N) is 1. The molecule has 0 aliphatic carbocycles. The maximum Gasteiger partial charge on any atom is 0.267 e. The van der Waals surface area contributed by atoms with Crippen molar-refractivity contribution in [3.63, 3.8) is 0 Å². The van der Waals surface area contributed by atoms with Crippen LogP contribution in [-0.2, 0) is 16.4 Å². The van der Waals surface area contributed by atoms with Gasteiger partial charge in [-0.25, -0.2) is 8.42 Å². The van der Waals surface area contributed by atoms with Crippen LogP contribution < -0.4 is 4.72 Å². The summed E-state index contributed by atoms with van der Waals surface area (Å²) in [6.45, 7) is 3.16. The minimum absolute atomic E-state index is 0.0855. The molecule has 2 aromatic rings. The Bertz CT molecular complexity index is 673. The summed E-state index contributed by atoms with van der Waals surface area (Å²) in [6, 6.07) is 7.09. The van der Waals surface area contributed by atoms with Gasteiger partial charge in [-0.15, -0.1) is 11.6 Å². The summed E-state index contributed by atoms with van der Waals surface area (Å²) < 4.78 is 32.0. The molecule has 5 nitrogen and oxygen atoms in total. The third kappa shape index (κ3) is 3.13. The molecule has 0 saturated heterocycles. The van der Waals surface area contributed by atoms with Crippen LogP contribution in [0.4, 0.5) is 5.69 Å². The maximum absolute atomic E-state index is 12.3. The quantitative estimate of drug-likeness (QED) is 0.861. The van der Waals surface area contributed by atoms with E-state index in [0.29, 0.717) is 17.3 Å². The first-order valence-electron chi connectivity index (χ1n) is 6.04. The molecule has 108 valence electrons. The Kier molecular flexibility index (Phi) is 4.35. The van der Waals surface area contributed by atoms with Crippen LogP contribution >= 0.6 is 11.6 Å². The fraction of sp³-hybridized carbons (Fsp3) is 0.308. The lowest BCUT2D eigenvalue weighted by Gasteiger charge is -2.08. The summed E-state index contributed by atoms with van der Waals surface area (Å²) in [5.41, 5.74) is 1.89. The first-order chi connectivity index (χ1) is 9.44. The average molecular weight is 315 g/mol. The zero-order valence-corrected chi connectivity index (χ0v) is 12.8. The van der Waals surface area contributed by atoms with Crippen LogP contribution in [0.3, 0.4) is 0 Å². The van der Waals surface area contributed by atoms with E-state index < -0.39 is 10.0 Å². The van der Waals surface area contributed by atoms with Crippen molar-refractivity contribution in [1.29, 1.82) is 0 Å². The number of rotatable bonds is 5. The van der Waals surface area contributed by atoms with E-state index in [1.54, 1.807) is 26.0 Å². The Morgan fingerprint density at radius 2 is 1.90 bits per heavy atom. The number of alkyl halides is 1. The second-order valence-electron chi connectivity index (χ2n) is 4.39. The molecule has 0 amide bonds. The molecule has 0 saturated carbocycles. The van der Waals surface area contributed by atoms with Gasteiger partial charge in [0.2, 0.25) is 0 Å². The Morgan fingerprint density at radius 3 is 2.40 bits per heavy atom. The van der Waals surface area contributed by atoms with E-state index in [9.17, 15) is 8.42 Å². The predicted molar refractivity (Wildman–Crippen MR) is 77.7 cm³/mol. The van der Waals surface area contributed by atoms with Gasteiger partial charge in [-0.1, -0.05) is 17.3 Å². The molecule has 0 radical (unpaired) electrons. The van der Waals surface area contributed by atoms with E-state index in [-0.39, 0.29) is 10.7 Å². The van der Waals surface area contributed by atoms with Gasteiger partial charge in [-0.2, -0.15) is 0 Å². The minimum Gasteiger partial charge on any atom is -0.360 e. The Balaban J connectivity index is 2.24. The molecule has 2 rings (SSSR count). The van der Waals surface area contributed by atoms with Crippen LogP contribution in [0.2, 0.25) is 0 Å². The summed E-state index contributed by atoms with van der Waals surface area (Å²) >= 11 is 5.66. The zero-order valence-electron chi connectivity index (χ0n) is 11.2. The normalized spacial score (nSPS) is 11.6. The molecule has 1 aromatic carbocycles. The topological polar surface area (TPSA) is 72.2 Å². The number of hydrogen-bond acceptors (Lipinski definition) is 4. The molecule has 1 heterocycles. The van der Waals surface area contributed by atoms with Crippen molar-refractivity contribution in [2.75, 3.05) is 10.6 Å². The first-order valence-corrected chi connectivity index (χ1v) is 8.06. The van der Waals surface area contributed by atoms with Gasteiger partial charge in [0.25, 0.3) is 10.0 Å². The molecule has 20 heavy (non-hydrogen) atoms. The number of aromatic nitrogens is 1. The van der Waals surface area contributed by atoms with Gasteiger partial charge in [-0.3, -0.25) is 4.72 Å². The molecule has 0 spiro atoms. The highest BCUT2D eigenvalue weighted by molar-refractivity contribution is 7.92. The fourth-order valence-electron chi connectivity index (χ4n) is 1.91. The molecule has 0 atom stereocenters. The van der Waals surface area contributed by atoms with Gasteiger partial charge >= 0.3 is 0 Å². The second-order valence-corrected chi connectivity index (χ2v) is 6.39. The van der Waals surface area contributed by atoms with Crippen molar-refractivity contribution in [2.24, 2.45) is 0 Å². The van der Waals surface area contributed by atoms with Crippen LogP contribution in [0.5, 0.6) is 0 Å². The van der Waals surface area contributed by atoms with E-state index in [1.165, 1.54) is 0 Å². The van der Waals surface area contributed by atoms with Gasteiger partial charge in [0.15, 0.2) is 10.7 Å². The standard InChI is InChI=1S/C13H15ClN2O3S/c1-9-13(10(2)19-15-9)20(17,18)16-12-5-3-11(4-6-12)7-8-14/h3-6,16H,7-8H2,1-2H3. The van der Waals surface area contributed by atoms with Crippen molar-refractivity contribution >= 4 is 27.3 Å². The van der Waals surface area contributed by atoms with E-state index in [0.717, 1.165) is 12.0 Å². The molecule has 0 bridgehead atoms. The van der Waals surface area contributed by atoms with Gasteiger partial charge < -0.3 is 4.52 Å². The number of aryl methyl sites for hydroxylation is 3.